The molecule has 1 aromatic carbocycles. The molecule has 2 heterocycles. The topological polar surface area (TPSA) is 43.0 Å². The molecule has 0 amide bonds. The molecule has 124 valence electrons. The van der Waals surface area contributed by atoms with E-state index in [1.165, 1.54) is 10.1 Å². The van der Waals surface area contributed by atoms with Crippen LogP contribution >= 0.6 is 0 Å². The number of nitrogens with zero attached hydrogens (tertiary/aromatic N) is 2. The zero-order chi connectivity index (χ0) is 17.6. The predicted octanol–water partition coefficient (Wildman–Crippen LogP) is 3.42. The molecule has 0 N–H and O–H groups in total. The number of benzene rings is 1. The van der Waals surface area contributed by atoms with E-state index < -0.39 is 0 Å². The summed E-state index contributed by atoms with van der Waals surface area (Å²) in [5, 5.41) is 0. The van der Waals surface area contributed by atoms with Gasteiger partial charge in [0.05, 0.1) is 5.69 Å². The number of hydrogen-bond acceptors (Lipinski definition) is 2. The molecule has 0 aliphatic heterocycles. The van der Waals surface area contributed by atoms with Crippen molar-refractivity contribution in [1.29, 1.82) is 0 Å². The van der Waals surface area contributed by atoms with Crippen molar-refractivity contribution in [2.75, 3.05) is 0 Å². The van der Waals surface area contributed by atoms with Crippen LogP contribution in [0, 0.1) is 20.8 Å². The van der Waals surface area contributed by atoms with Crippen molar-refractivity contribution in [2.24, 2.45) is 0 Å². The van der Waals surface area contributed by atoms with E-state index in [1.54, 1.807) is 18.4 Å². The van der Waals surface area contributed by atoms with Crippen LogP contribution in [0.25, 0.3) is 12.2 Å². The van der Waals surface area contributed by atoms with E-state index in [2.05, 4.69) is 38.1 Å². The number of hydrogen-bond donors (Lipinski definition) is 0. The molecule has 0 saturated carbocycles. The summed E-state index contributed by atoms with van der Waals surface area (Å²) in [6.45, 7) is 9.71. The van der Waals surface area contributed by atoms with Gasteiger partial charge in [-0.1, -0.05) is 44.2 Å². The molecule has 4 heteroatoms. The fourth-order valence-corrected chi connectivity index (χ4v) is 2.97. The van der Waals surface area contributed by atoms with Gasteiger partial charge in [-0.15, -0.1) is 0 Å². The summed E-state index contributed by atoms with van der Waals surface area (Å²) >= 11 is 0. The van der Waals surface area contributed by atoms with Crippen molar-refractivity contribution < 1.29 is 0 Å². The molecule has 0 radical (unpaired) electrons. The van der Waals surface area contributed by atoms with Gasteiger partial charge in [0, 0.05) is 16.8 Å². The van der Waals surface area contributed by atoms with Crippen LogP contribution in [0.1, 0.15) is 53.4 Å². The molecule has 0 saturated heterocycles. The Balaban J connectivity index is 2.10. The molecular weight excluding hydrogens is 300 g/mol. The lowest BCUT2D eigenvalue weighted by atomic mass is 10.0. The van der Waals surface area contributed by atoms with E-state index in [9.17, 15) is 9.59 Å². The van der Waals surface area contributed by atoms with Gasteiger partial charge in [-0.25, -0.2) is 4.52 Å². The maximum absolute atomic E-state index is 12.4. The highest BCUT2D eigenvalue weighted by Gasteiger charge is 2.18. The van der Waals surface area contributed by atoms with Gasteiger partial charge >= 0.3 is 0 Å². The highest BCUT2D eigenvalue weighted by Crippen LogP contribution is 2.17. The summed E-state index contributed by atoms with van der Waals surface area (Å²) in [4.78, 5) is 24.6. The Hall–Kier alpha value is -2.62. The molecular formula is C20H22N2O2. The minimum Gasteiger partial charge on any atom is -0.267 e. The molecule has 0 bridgehead atoms. The molecule has 0 spiro atoms. The zero-order valence-corrected chi connectivity index (χ0v) is 14.8. The van der Waals surface area contributed by atoms with E-state index in [0.717, 1.165) is 17.0 Å². The SMILES string of the molecule is Cc1c(C)n2c(/C=C/c3ccc(C(C)C)cc3)c(C)c(=O)n2c1=O. The Morgan fingerprint density at radius 1 is 0.833 bits per heavy atom. The number of fused-ring (bicyclic) bond motifs is 1. The molecule has 0 fully saturated rings. The molecule has 3 aromatic rings. The minimum absolute atomic E-state index is 0.235. The average Bonchev–Trinajstić information content (AvgIpc) is 2.94. The Morgan fingerprint density at radius 2 is 1.42 bits per heavy atom. The van der Waals surface area contributed by atoms with Crippen molar-refractivity contribution in [2.45, 2.75) is 40.5 Å². The normalized spacial score (nSPS) is 12.1. The molecule has 0 aliphatic carbocycles. The first-order valence-electron chi connectivity index (χ1n) is 8.18. The second-order valence-corrected chi connectivity index (χ2v) is 6.61. The lowest BCUT2D eigenvalue weighted by Crippen LogP contribution is -2.23. The van der Waals surface area contributed by atoms with Gasteiger partial charge in [0.25, 0.3) is 11.1 Å². The number of aryl methyl sites for hydroxylation is 1. The van der Waals surface area contributed by atoms with Crippen molar-refractivity contribution in [3.8, 4) is 0 Å². The van der Waals surface area contributed by atoms with Crippen LogP contribution in [-0.2, 0) is 0 Å². The van der Waals surface area contributed by atoms with Crippen LogP contribution in [0.2, 0.25) is 0 Å². The van der Waals surface area contributed by atoms with E-state index >= 15 is 0 Å². The minimum atomic E-state index is -0.244. The third kappa shape index (κ3) is 2.39. The second-order valence-electron chi connectivity index (χ2n) is 6.61. The largest absolute Gasteiger partial charge is 0.278 e. The average molecular weight is 322 g/mol. The van der Waals surface area contributed by atoms with Crippen molar-refractivity contribution in [3.63, 3.8) is 0 Å². The summed E-state index contributed by atoms with van der Waals surface area (Å²) < 4.78 is 2.94. The Bertz CT molecular complexity index is 1030. The van der Waals surface area contributed by atoms with Crippen LogP contribution in [0.5, 0.6) is 0 Å². The third-order valence-electron chi connectivity index (χ3n) is 4.74. The molecule has 2 aromatic heterocycles. The van der Waals surface area contributed by atoms with E-state index in [4.69, 9.17) is 0 Å². The summed E-state index contributed by atoms with van der Waals surface area (Å²) in [6.07, 6.45) is 3.89. The molecule has 3 rings (SSSR count). The van der Waals surface area contributed by atoms with Gasteiger partial charge in [-0.05, 0) is 43.9 Å². The fraction of sp³-hybridized carbons (Fsp3) is 0.300. The van der Waals surface area contributed by atoms with E-state index in [1.807, 2.05) is 19.1 Å². The van der Waals surface area contributed by atoms with Gasteiger partial charge in [-0.3, -0.25) is 9.59 Å². The predicted molar refractivity (Wildman–Crippen MR) is 98.2 cm³/mol. The first kappa shape index (κ1) is 16.2. The molecule has 24 heavy (non-hydrogen) atoms. The number of aromatic nitrogens is 2. The maximum Gasteiger partial charge on any atom is 0.278 e. The molecule has 4 nitrogen and oxygen atoms in total. The Kier molecular flexibility index (Phi) is 3.91. The van der Waals surface area contributed by atoms with Gasteiger partial charge in [0.2, 0.25) is 0 Å². The number of rotatable bonds is 3. The summed E-state index contributed by atoms with van der Waals surface area (Å²) in [7, 11) is 0. The summed E-state index contributed by atoms with van der Waals surface area (Å²) in [5.74, 6) is 0.500. The fourth-order valence-electron chi connectivity index (χ4n) is 2.97. The monoisotopic (exact) mass is 322 g/mol. The Morgan fingerprint density at radius 3 is 2.00 bits per heavy atom. The van der Waals surface area contributed by atoms with Crippen molar-refractivity contribution >= 4 is 12.2 Å². The lowest BCUT2D eigenvalue weighted by Gasteiger charge is -2.04. The van der Waals surface area contributed by atoms with E-state index in [0.29, 0.717) is 17.0 Å². The molecule has 0 atom stereocenters. The van der Waals surface area contributed by atoms with Gasteiger partial charge in [0.15, 0.2) is 0 Å². The smallest absolute Gasteiger partial charge is 0.267 e. The van der Waals surface area contributed by atoms with Crippen molar-refractivity contribution in [3.05, 3.63) is 78.6 Å². The van der Waals surface area contributed by atoms with E-state index in [-0.39, 0.29) is 11.1 Å². The third-order valence-corrected chi connectivity index (χ3v) is 4.74. The highest BCUT2D eigenvalue weighted by atomic mass is 16.2. The first-order chi connectivity index (χ1) is 11.3. The van der Waals surface area contributed by atoms with Crippen LogP contribution in [0.4, 0.5) is 0 Å². The molecule has 0 aliphatic rings. The maximum atomic E-state index is 12.4. The lowest BCUT2D eigenvalue weighted by molar-refractivity contribution is 0.781. The summed E-state index contributed by atoms with van der Waals surface area (Å²) in [5.41, 5.74) is 4.65. The van der Waals surface area contributed by atoms with Gasteiger partial charge in [-0.2, -0.15) is 4.52 Å². The highest BCUT2D eigenvalue weighted by molar-refractivity contribution is 5.69. The second kappa shape index (κ2) is 5.78. The Labute approximate surface area is 141 Å². The molecule has 0 unspecified atom stereocenters. The van der Waals surface area contributed by atoms with Gasteiger partial charge < -0.3 is 0 Å². The van der Waals surface area contributed by atoms with Crippen molar-refractivity contribution in [1.82, 2.24) is 9.03 Å². The van der Waals surface area contributed by atoms with Gasteiger partial charge in [0.1, 0.15) is 0 Å². The summed E-state index contributed by atoms with van der Waals surface area (Å²) in [6, 6.07) is 8.37. The van der Waals surface area contributed by atoms with Crippen LogP contribution < -0.4 is 11.1 Å². The van der Waals surface area contributed by atoms with Crippen LogP contribution in [0.3, 0.4) is 0 Å². The first-order valence-corrected chi connectivity index (χ1v) is 8.18. The van der Waals surface area contributed by atoms with Crippen LogP contribution in [0.15, 0.2) is 33.9 Å². The quantitative estimate of drug-likeness (QED) is 0.741. The zero-order valence-electron chi connectivity index (χ0n) is 14.8. The van der Waals surface area contributed by atoms with Crippen LogP contribution in [-0.4, -0.2) is 9.03 Å². The standard InChI is InChI=1S/C20H22N2O2/c1-12(2)17-9-6-16(7-10-17)8-11-18-14(4)20(24)22-19(23)13(3)15(5)21(18)22/h6-12H,1-5H3/b11-8+.